The summed E-state index contributed by atoms with van der Waals surface area (Å²) in [6, 6.07) is 0. The summed E-state index contributed by atoms with van der Waals surface area (Å²) in [5, 5.41) is 0. The van der Waals surface area contributed by atoms with Gasteiger partial charge >= 0.3 is 0 Å². The van der Waals surface area contributed by atoms with Gasteiger partial charge in [-0.2, -0.15) is 0 Å². The van der Waals surface area contributed by atoms with Crippen LogP contribution in [0, 0.1) is 34.5 Å². The molecule has 0 amide bonds. The molecule has 0 bridgehead atoms. The number of hydrogen-bond donors (Lipinski definition) is 0. The summed E-state index contributed by atoms with van der Waals surface area (Å²) in [7, 11) is -1.46. The average Bonchev–Trinajstić information content (AvgIpc) is 2.88. The Kier molecular flexibility index (Phi) is 4.03. The van der Waals surface area contributed by atoms with Gasteiger partial charge in [-0.25, -0.2) is 0 Å². The lowest BCUT2D eigenvalue weighted by molar-refractivity contribution is -0.0835. The Morgan fingerprint density at radius 3 is 2.50 bits per heavy atom. The van der Waals surface area contributed by atoms with Gasteiger partial charge in [-0.3, -0.25) is 0 Å². The molecule has 4 rings (SSSR count). The smallest absolute Gasteiger partial charge is 0.241 e. The summed E-state index contributed by atoms with van der Waals surface area (Å²) in [5.74, 6) is 5.18. The molecule has 0 saturated heterocycles. The molecule has 4 aliphatic carbocycles. The van der Waals surface area contributed by atoms with E-state index in [1.807, 2.05) is 0 Å². The van der Waals surface area contributed by atoms with Gasteiger partial charge < -0.3 is 4.43 Å². The minimum absolute atomic E-state index is 0.555. The van der Waals surface area contributed by atoms with Crippen LogP contribution < -0.4 is 0 Å². The average molecular weight is 347 g/mol. The first-order valence-electron chi connectivity index (χ1n) is 10.6. The Hall–Kier alpha value is -0.243. The summed E-state index contributed by atoms with van der Waals surface area (Å²) >= 11 is 0. The minimum Gasteiger partial charge on any atom is -0.548 e. The summed E-state index contributed by atoms with van der Waals surface area (Å²) < 4.78 is 6.39. The fraction of sp³-hybridized carbons (Fsp3) is 0.909. The van der Waals surface area contributed by atoms with Crippen LogP contribution in [0.15, 0.2) is 11.8 Å². The molecule has 3 saturated carbocycles. The molecule has 136 valence electrons. The van der Waals surface area contributed by atoms with Gasteiger partial charge in [0.15, 0.2) is 0 Å². The van der Waals surface area contributed by atoms with Crippen LogP contribution in [0.1, 0.15) is 71.6 Å². The van der Waals surface area contributed by atoms with Crippen LogP contribution >= 0.6 is 0 Å². The van der Waals surface area contributed by atoms with E-state index in [0.717, 1.165) is 23.7 Å². The van der Waals surface area contributed by atoms with E-state index in [1.54, 1.807) is 0 Å². The van der Waals surface area contributed by atoms with Crippen LogP contribution in [-0.2, 0) is 4.43 Å². The third kappa shape index (κ3) is 2.72. The van der Waals surface area contributed by atoms with Gasteiger partial charge in [0.2, 0.25) is 8.32 Å². The van der Waals surface area contributed by atoms with Gasteiger partial charge in [0.05, 0.1) is 5.76 Å². The number of rotatable bonds is 2. The quantitative estimate of drug-likeness (QED) is 0.502. The highest BCUT2D eigenvalue weighted by molar-refractivity contribution is 6.70. The maximum absolute atomic E-state index is 6.39. The zero-order valence-corrected chi connectivity index (χ0v) is 17.7. The predicted octanol–water partition coefficient (Wildman–Crippen LogP) is 6.76. The molecular weight excluding hydrogens is 308 g/mol. The van der Waals surface area contributed by atoms with Crippen LogP contribution in [0.25, 0.3) is 0 Å². The first kappa shape index (κ1) is 17.2. The molecule has 24 heavy (non-hydrogen) atoms. The fourth-order valence-electron chi connectivity index (χ4n) is 7.30. The molecule has 0 heterocycles. The molecule has 3 fully saturated rings. The first-order chi connectivity index (χ1) is 11.2. The Balaban J connectivity index is 1.57. The standard InChI is InChI=1S/C22H38OSi/c1-21-12-6-7-19(21)18-9-8-16-15-17(23-24(3,4)5)10-14-22(16,2)20(18)11-13-21/h15-16,18-20H,6-14H2,1-5H3/t16?,18-,19-,20-,21-,22-/m0/s1. The van der Waals surface area contributed by atoms with E-state index in [-0.39, 0.29) is 0 Å². The fourth-order valence-corrected chi connectivity index (χ4v) is 8.26. The number of allylic oxidation sites excluding steroid dienone is 2. The lowest BCUT2D eigenvalue weighted by Gasteiger charge is -2.59. The molecule has 4 aliphatic rings. The first-order valence-corrected chi connectivity index (χ1v) is 14.0. The zero-order chi connectivity index (χ0) is 17.2. The lowest BCUT2D eigenvalue weighted by Crippen LogP contribution is -2.51. The Bertz CT molecular complexity index is 533. The number of fused-ring (bicyclic) bond motifs is 5. The van der Waals surface area contributed by atoms with Crippen LogP contribution in [0.5, 0.6) is 0 Å². The second-order valence-electron chi connectivity index (χ2n) is 11.0. The highest BCUT2D eigenvalue weighted by Crippen LogP contribution is 2.65. The van der Waals surface area contributed by atoms with Gasteiger partial charge in [0, 0.05) is 6.42 Å². The van der Waals surface area contributed by atoms with Gasteiger partial charge in [-0.1, -0.05) is 20.3 Å². The van der Waals surface area contributed by atoms with E-state index < -0.39 is 8.32 Å². The number of hydrogen-bond acceptors (Lipinski definition) is 1. The Morgan fingerprint density at radius 1 is 0.958 bits per heavy atom. The molecule has 1 nitrogen and oxygen atoms in total. The third-order valence-corrected chi connectivity index (χ3v) is 9.33. The van der Waals surface area contributed by atoms with Gasteiger partial charge in [-0.15, -0.1) is 0 Å². The van der Waals surface area contributed by atoms with Crippen molar-refractivity contribution >= 4 is 8.32 Å². The van der Waals surface area contributed by atoms with Gasteiger partial charge in [0.25, 0.3) is 0 Å². The van der Waals surface area contributed by atoms with E-state index in [9.17, 15) is 0 Å². The molecule has 6 atom stereocenters. The summed E-state index contributed by atoms with van der Waals surface area (Å²) in [5.41, 5.74) is 1.25. The van der Waals surface area contributed by atoms with Crippen LogP contribution in [0.3, 0.4) is 0 Å². The second-order valence-corrected chi connectivity index (χ2v) is 15.4. The van der Waals surface area contributed by atoms with Crippen molar-refractivity contribution in [3.8, 4) is 0 Å². The molecular formula is C22H38OSi. The molecule has 2 heteroatoms. The normalized spacial score (nSPS) is 48.1. The van der Waals surface area contributed by atoms with Crippen molar-refractivity contribution in [1.82, 2.24) is 0 Å². The molecule has 0 aromatic heterocycles. The Morgan fingerprint density at radius 2 is 1.75 bits per heavy atom. The maximum atomic E-state index is 6.39. The summed E-state index contributed by atoms with van der Waals surface area (Å²) in [6.45, 7) is 12.2. The van der Waals surface area contributed by atoms with Gasteiger partial charge in [0.1, 0.15) is 0 Å². The van der Waals surface area contributed by atoms with Crippen molar-refractivity contribution in [3.63, 3.8) is 0 Å². The largest absolute Gasteiger partial charge is 0.548 e. The molecule has 0 aromatic carbocycles. The molecule has 0 aromatic rings. The lowest BCUT2D eigenvalue weighted by atomic mass is 9.46. The monoisotopic (exact) mass is 346 g/mol. The summed E-state index contributed by atoms with van der Waals surface area (Å²) in [4.78, 5) is 0. The topological polar surface area (TPSA) is 9.23 Å². The van der Waals surface area contributed by atoms with E-state index >= 15 is 0 Å². The van der Waals surface area contributed by atoms with Crippen LogP contribution in [0.2, 0.25) is 19.6 Å². The highest BCUT2D eigenvalue weighted by atomic mass is 28.4. The summed E-state index contributed by atoms with van der Waals surface area (Å²) in [6.07, 6.45) is 15.6. The zero-order valence-electron chi connectivity index (χ0n) is 16.7. The molecule has 0 aliphatic heterocycles. The van der Waals surface area contributed by atoms with Crippen molar-refractivity contribution < 1.29 is 4.43 Å². The van der Waals surface area contributed by atoms with Crippen molar-refractivity contribution in [2.75, 3.05) is 0 Å². The maximum Gasteiger partial charge on any atom is 0.241 e. The second kappa shape index (κ2) is 5.63. The molecule has 0 radical (unpaired) electrons. The van der Waals surface area contributed by atoms with Crippen molar-refractivity contribution in [1.29, 1.82) is 0 Å². The van der Waals surface area contributed by atoms with Gasteiger partial charge in [-0.05, 0) is 105 Å². The van der Waals surface area contributed by atoms with Crippen molar-refractivity contribution in [2.45, 2.75) is 91.3 Å². The minimum atomic E-state index is -1.46. The third-order valence-electron chi connectivity index (χ3n) is 8.46. The Labute approximate surface area is 150 Å². The van der Waals surface area contributed by atoms with E-state index in [2.05, 4.69) is 39.6 Å². The molecule has 0 spiro atoms. The highest BCUT2D eigenvalue weighted by Gasteiger charge is 2.57. The van der Waals surface area contributed by atoms with E-state index in [1.165, 1.54) is 63.5 Å². The predicted molar refractivity (Wildman–Crippen MR) is 104 cm³/mol. The van der Waals surface area contributed by atoms with Crippen LogP contribution in [-0.4, -0.2) is 8.32 Å². The van der Waals surface area contributed by atoms with E-state index in [4.69, 9.17) is 4.43 Å². The van der Waals surface area contributed by atoms with Crippen molar-refractivity contribution in [2.24, 2.45) is 34.5 Å². The van der Waals surface area contributed by atoms with Crippen LogP contribution in [0.4, 0.5) is 0 Å². The SMILES string of the molecule is C[C@@]12CCC[C@H]1[C@@H]1CCC3C=C(O[Si](C)(C)C)CC[C@]3(C)[C@H]1CC2. The van der Waals surface area contributed by atoms with Crippen molar-refractivity contribution in [3.05, 3.63) is 11.8 Å². The molecule has 1 unspecified atom stereocenters. The molecule has 0 N–H and O–H groups in total. The van der Waals surface area contributed by atoms with E-state index in [0.29, 0.717) is 10.8 Å².